The molecule has 96 valence electrons. The van der Waals surface area contributed by atoms with E-state index in [-0.39, 0.29) is 12.0 Å². The van der Waals surface area contributed by atoms with Crippen molar-refractivity contribution in [3.05, 3.63) is 0 Å². The molecule has 1 N–H and O–H groups in total. The Kier molecular flexibility index (Phi) is 7.05. The Morgan fingerprint density at radius 1 is 1.44 bits per heavy atom. The summed E-state index contributed by atoms with van der Waals surface area (Å²) in [5.41, 5.74) is -0.212. The lowest BCUT2D eigenvalue weighted by atomic mass is 10.0. The maximum absolute atomic E-state index is 10.9. The lowest BCUT2D eigenvalue weighted by Crippen LogP contribution is -2.34. The van der Waals surface area contributed by atoms with Crippen molar-refractivity contribution in [1.82, 2.24) is 0 Å². The summed E-state index contributed by atoms with van der Waals surface area (Å²) in [5, 5.41) is 8.94. The van der Waals surface area contributed by atoms with Crippen LogP contribution in [0.5, 0.6) is 0 Å². The molecule has 2 atom stereocenters. The third-order valence-electron chi connectivity index (χ3n) is 2.44. The zero-order valence-corrected chi connectivity index (χ0v) is 13.3. The first-order valence-electron chi connectivity index (χ1n) is 5.10. The summed E-state index contributed by atoms with van der Waals surface area (Å²) >= 11 is 23.8. The molecule has 0 aromatic rings. The number of carbonyl (C=O) groups is 1. The first kappa shape index (κ1) is 16.8. The van der Waals surface area contributed by atoms with Gasteiger partial charge in [0.05, 0.1) is 0 Å². The van der Waals surface area contributed by atoms with Crippen molar-refractivity contribution in [3.63, 3.8) is 0 Å². The highest BCUT2D eigenvalue weighted by atomic mass is 35.8. The lowest BCUT2D eigenvalue weighted by Gasteiger charge is -2.27. The van der Waals surface area contributed by atoms with Crippen LogP contribution in [0.15, 0.2) is 0 Å². The Hall–Kier alpha value is 0.847. The largest absolute Gasteiger partial charge is 0.480 e. The van der Waals surface area contributed by atoms with E-state index >= 15 is 0 Å². The number of halogens is 4. The fourth-order valence-corrected chi connectivity index (χ4v) is 4.55. The van der Waals surface area contributed by atoms with Crippen LogP contribution in [0.2, 0.25) is 5.54 Å². The predicted octanol–water partition coefficient (Wildman–Crippen LogP) is 4.67. The smallest absolute Gasteiger partial charge is 0.344 e. The van der Waals surface area contributed by atoms with Gasteiger partial charge in [0.1, 0.15) is 4.87 Å². The predicted molar refractivity (Wildman–Crippen MR) is 73.1 cm³/mol. The quantitative estimate of drug-likeness (QED) is 0.419. The molecule has 0 amide bonds. The van der Waals surface area contributed by atoms with Crippen LogP contribution in [-0.4, -0.2) is 22.0 Å². The van der Waals surface area contributed by atoms with Gasteiger partial charge in [-0.15, -0.1) is 44.8 Å². The monoisotopic (exact) mass is 324 g/mol. The fourth-order valence-electron chi connectivity index (χ4n) is 1.38. The summed E-state index contributed by atoms with van der Waals surface area (Å²) in [4.78, 5) is 9.56. The highest BCUT2D eigenvalue weighted by molar-refractivity contribution is 7.65. The molecule has 0 spiro atoms. The molecule has 0 aromatic carbocycles. The second-order valence-electron chi connectivity index (χ2n) is 4.09. The number of carboxylic acid groups (broad SMARTS) is 1. The standard InChI is InChI=1S/C9H16Cl4O2Si/c1-3-4-5-7(16(11,12)13)6-9(2,10)8(14)15/h7H,3-6H2,1-2H3,(H,14,15). The van der Waals surface area contributed by atoms with Gasteiger partial charge in [0.15, 0.2) is 0 Å². The molecule has 0 saturated heterocycles. The lowest BCUT2D eigenvalue weighted by molar-refractivity contribution is -0.139. The minimum Gasteiger partial charge on any atom is -0.480 e. The van der Waals surface area contributed by atoms with Crippen molar-refractivity contribution in [3.8, 4) is 0 Å². The number of rotatable bonds is 7. The maximum atomic E-state index is 10.9. The average Bonchev–Trinajstić information content (AvgIpc) is 2.10. The summed E-state index contributed by atoms with van der Waals surface area (Å²) in [7, 11) is 0. The van der Waals surface area contributed by atoms with Gasteiger partial charge >= 0.3 is 12.0 Å². The fraction of sp³-hybridized carbons (Fsp3) is 0.889. The third kappa shape index (κ3) is 5.96. The molecule has 0 rings (SSSR count). The highest BCUT2D eigenvalue weighted by Gasteiger charge is 2.43. The van der Waals surface area contributed by atoms with Gasteiger partial charge in [0.25, 0.3) is 0 Å². The van der Waals surface area contributed by atoms with E-state index in [0.29, 0.717) is 0 Å². The van der Waals surface area contributed by atoms with Gasteiger partial charge in [-0.2, -0.15) is 0 Å². The molecule has 0 fully saturated rings. The van der Waals surface area contributed by atoms with E-state index in [2.05, 4.69) is 0 Å². The van der Waals surface area contributed by atoms with Gasteiger partial charge in [0, 0.05) is 0 Å². The van der Waals surface area contributed by atoms with Crippen LogP contribution in [0.4, 0.5) is 0 Å². The van der Waals surface area contributed by atoms with Gasteiger partial charge < -0.3 is 5.11 Å². The van der Waals surface area contributed by atoms with Crippen molar-refractivity contribution >= 4 is 56.8 Å². The molecule has 0 aliphatic heterocycles. The highest BCUT2D eigenvalue weighted by Crippen LogP contribution is 2.44. The molecule has 0 bridgehead atoms. The zero-order valence-electron chi connectivity index (χ0n) is 9.27. The SMILES string of the molecule is CCCCC(CC(C)(Cl)C(=O)O)[Si](Cl)(Cl)Cl. The summed E-state index contributed by atoms with van der Waals surface area (Å²) in [5.74, 6) is -1.07. The van der Waals surface area contributed by atoms with E-state index in [1.165, 1.54) is 6.92 Å². The van der Waals surface area contributed by atoms with Crippen molar-refractivity contribution in [1.29, 1.82) is 0 Å². The minimum absolute atomic E-state index is 0.201. The number of alkyl halides is 1. The molecule has 16 heavy (non-hydrogen) atoms. The van der Waals surface area contributed by atoms with Crippen molar-refractivity contribution in [2.24, 2.45) is 0 Å². The second-order valence-corrected chi connectivity index (χ2v) is 13.9. The van der Waals surface area contributed by atoms with Gasteiger partial charge in [-0.25, -0.2) is 0 Å². The Labute approximate surface area is 116 Å². The molecule has 0 heterocycles. The molecule has 0 aliphatic carbocycles. The summed E-state index contributed by atoms with van der Waals surface area (Å²) in [6.07, 6.45) is 2.82. The van der Waals surface area contributed by atoms with Gasteiger partial charge in [-0.3, -0.25) is 4.79 Å². The van der Waals surface area contributed by atoms with E-state index in [1.807, 2.05) is 6.92 Å². The Balaban J connectivity index is 4.61. The maximum Gasteiger partial charge on any atom is 0.344 e. The number of unbranched alkanes of at least 4 members (excludes halogenated alkanes) is 1. The van der Waals surface area contributed by atoms with Crippen molar-refractivity contribution in [2.45, 2.75) is 49.9 Å². The van der Waals surface area contributed by atoms with E-state index in [9.17, 15) is 4.79 Å². The van der Waals surface area contributed by atoms with Crippen LogP contribution in [0.25, 0.3) is 0 Å². The summed E-state index contributed by atoms with van der Waals surface area (Å²) < 4.78 is 0. The number of hydrogen-bond donors (Lipinski definition) is 1. The van der Waals surface area contributed by atoms with Crippen LogP contribution in [-0.2, 0) is 4.79 Å². The average molecular weight is 326 g/mol. The summed E-state index contributed by atoms with van der Waals surface area (Å²) in [6, 6.07) is -2.91. The number of aliphatic carboxylic acids is 1. The zero-order chi connectivity index (χ0) is 13.0. The topological polar surface area (TPSA) is 37.3 Å². The molecule has 0 radical (unpaired) electrons. The Morgan fingerprint density at radius 2 is 1.94 bits per heavy atom. The van der Waals surface area contributed by atoms with Crippen molar-refractivity contribution in [2.75, 3.05) is 0 Å². The van der Waals surface area contributed by atoms with Crippen LogP contribution < -0.4 is 0 Å². The third-order valence-corrected chi connectivity index (χ3v) is 6.96. The Morgan fingerprint density at radius 3 is 2.25 bits per heavy atom. The number of hydrogen-bond acceptors (Lipinski definition) is 1. The van der Waals surface area contributed by atoms with E-state index < -0.39 is 16.8 Å². The van der Waals surface area contributed by atoms with E-state index in [4.69, 9.17) is 49.9 Å². The first-order valence-corrected chi connectivity index (χ1v) is 10.6. The molecule has 0 aromatic heterocycles. The van der Waals surface area contributed by atoms with Crippen LogP contribution in [0.1, 0.15) is 39.5 Å². The van der Waals surface area contributed by atoms with E-state index in [1.54, 1.807) is 0 Å². The van der Waals surface area contributed by atoms with Crippen LogP contribution >= 0.6 is 44.8 Å². The molecule has 2 nitrogen and oxygen atoms in total. The molecule has 2 unspecified atom stereocenters. The molecule has 0 aliphatic rings. The summed E-state index contributed by atoms with van der Waals surface area (Å²) in [6.45, 7) is 3.48. The van der Waals surface area contributed by atoms with Gasteiger partial charge in [-0.1, -0.05) is 19.8 Å². The van der Waals surface area contributed by atoms with Gasteiger partial charge in [-0.05, 0) is 25.3 Å². The Bertz CT molecular complexity index is 240. The van der Waals surface area contributed by atoms with Crippen molar-refractivity contribution < 1.29 is 9.90 Å². The molecular weight excluding hydrogens is 310 g/mol. The van der Waals surface area contributed by atoms with Crippen LogP contribution in [0, 0.1) is 0 Å². The van der Waals surface area contributed by atoms with Gasteiger partial charge in [0.2, 0.25) is 0 Å². The van der Waals surface area contributed by atoms with E-state index in [0.717, 1.165) is 19.3 Å². The number of carboxylic acids is 1. The first-order chi connectivity index (χ1) is 7.11. The second kappa shape index (κ2) is 6.69. The molecule has 7 heteroatoms. The molecule has 0 saturated carbocycles. The minimum atomic E-state index is -2.91. The normalized spacial score (nSPS) is 17.9. The van der Waals surface area contributed by atoms with Crippen LogP contribution in [0.3, 0.4) is 0 Å². The molecular formula is C9H16Cl4O2Si.